The third-order valence-electron chi connectivity index (χ3n) is 2.06. The molecule has 2 heterocycles. The van der Waals surface area contributed by atoms with Crippen LogP contribution >= 0.6 is 27.3 Å². The quantitative estimate of drug-likeness (QED) is 0.934. The lowest BCUT2D eigenvalue weighted by Gasteiger charge is -2.03. The van der Waals surface area contributed by atoms with Gasteiger partial charge in [-0.05, 0) is 46.4 Å². The van der Waals surface area contributed by atoms with Gasteiger partial charge < -0.3 is 4.42 Å². The molecule has 0 aliphatic carbocycles. The first-order valence-electron chi connectivity index (χ1n) is 4.77. The number of hydrogen-bond acceptors (Lipinski definition) is 4. The van der Waals surface area contributed by atoms with E-state index in [0.717, 1.165) is 5.76 Å². The molecule has 92 valence electrons. The molecule has 7 heteroatoms. The number of furan rings is 1. The van der Waals surface area contributed by atoms with Crippen LogP contribution in [0, 0.1) is 6.92 Å². The molecular weight excluding hydrogens is 326 g/mol. The summed E-state index contributed by atoms with van der Waals surface area (Å²) < 4.78 is 32.5. The summed E-state index contributed by atoms with van der Waals surface area (Å²) in [6.07, 6.45) is 0. The van der Waals surface area contributed by atoms with Crippen molar-refractivity contribution in [3.05, 3.63) is 39.6 Å². The Kier molecular flexibility index (Phi) is 3.72. The van der Waals surface area contributed by atoms with Crippen molar-refractivity contribution in [2.45, 2.75) is 17.7 Å². The van der Waals surface area contributed by atoms with Crippen LogP contribution in [-0.2, 0) is 16.6 Å². The third-order valence-corrected chi connectivity index (χ3v) is 6.13. The molecule has 0 aromatic carbocycles. The summed E-state index contributed by atoms with van der Waals surface area (Å²) in [4.78, 5) is 0. The van der Waals surface area contributed by atoms with Gasteiger partial charge in [0.2, 0.25) is 0 Å². The Morgan fingerprint density at radius 3 is 2.71 bits per heavy atom. The molecule has 1 N–H and O–H groups in total. The maximum absolute atomic E-state index is 11.9. The van der Waals surface area contributed by atoms with Gasteiger partial charge in [-0.2, -0.15) is 0 Å². The first kappa shape index (κ1) is 12.8. The Labute approximate surface area is 112 Å². The fourth-order valence-corrected chi connectivity index (χ4v) is 4.66. The average molecular weight is 336 g/mol. The predicted molar refractivity (Wildman–Crippen MR) is 69.5 cm³/mol. The largest absolute Gasteiger partial charge is 0.465 e. The molecule has 0 fully saturated rings. The second-order valence-corrected chi connectivity index (χ2v) is 7.13. The number of nitrogens with one attached hydrogen (secondary N) is 1. The van der Waals surface area contributed by atoms with E-state index < -0.39 is 10.0 Å². The van der Waals surface area contributed by atoms with Crippen molar-refractivity contribution < 1.29 is 12.8 Å². The van der Waals surface area contributed by atoms with Gasteiger partial charge in [0.1, 0.15) is 15.7 Å². The Bertz CT molecular complexity index is 615. The highest BCUT2D eigenvalue weighted by Gasteiger charge is 2.19. The van der Waals surface area contributed by atoms with Gasteiger partial charge in [0.05, 0.1) is 6.54 Å². The summed E-state index contributed by atoms with van der Waals surface area (Å²) >= 11 is 4.37. The summed E-state index contributed by atoms with van der Waals surface area (Å²) in [6, 6.07) is 5.25. The third kappa shape index (κ3) is 2.98. The lowest BCUT2D eigenvalue weighted by atomic mass is 10.4. The molecule has 0 unspecified atom stereocenters. The molecule has 0 aliphatic heterocycles. The minimum Gasteiger partial charge on any atom is -0.465 e. The number of thiophene rings is 1. The van der Waals surface area contributed by atoms with Crippen molar-refractivity contribution in [3.8, 4) is 0 Å². The number of aryl methyl sites for hydroxylation is 1. The summed E-state index contributed by atoms with van der Waals surface area (Å²) in [7, 11) is -3.47. The van der Waals surface area contributed by atoms with Gasteiger partial charge in [-0.15, -0.1) is 11.3 Å². The first-order chi connectivity index (χ1) is 7.99. The Hall–Kier alpha value is -0.630. The van der Waals surface area contributed by atoms with Crippen molar-refractivity contribution in [3.63, 3.8) is 0 Å². The normalized spacial score (nSPS) is 11.9. The van der Waals surface area contributed by atoms with E-state index in [1.807, 2.05) is 6.92 Å². The van der Waals surface area contributed by atoms with Crippen LogP contribution < -0.4 is 4.72 Å². The van der Waals surface area contributed by atoms with Crippen LogP contribution in [0.15, 0.2) is 36.7 Å². The molecule has 0 amide bonds. The van der Waals surface area contributed by atoms with Crippen molar-refractivity contribution in [2.24, 2.45) is 0 Å². The number of hydrogen-bond donors (Lipinski definition) is 1. The van der Waals surface area contributed by atoms with Gasteiger partial charge in [0, 0.05) is 4.47 Å². The van der Waals surface area contributed by atoms with E-state index in [-0.39, 0.29) is 10.8 Å². The van der Waals surface area contributed by atoms with Crippen molar-refractivity contribution in [1.82, 2.24) is 4.72 Å². The highest BCUT2D eigenvalue weighted by Crippen LogP contribution is 2.27. The van der Waals surface area contributed by atoms with Crippen LogP contribution in [0.5, 0.6) is 0 Å². The van der Waals surface area contributed by atoms with Gasteiger partial charge in [0.15, 0.2) is 0 Å². The van der Waals surface area contributed by atoms with Gasteiger partial charge >= 0.3 is 0 Å². The summed E-state index contributed by atoms with van der Waals surface area (Å²) in [5.41, 5.74) is 0. The molecule has 4 nitrogen and oxygen atoms in total. The smallest absolute Gasteiger partial charge is 0.251 e. The van der Waals surface area contributed by atoms with Crippen LogP contribution in [0.1, 0.15) is 11.5 Å². The minimum atomic E-state index is -3.47. The molecule has 2 aromatic rings. The Balaban J connectivity index is 2.11. The minimum absolute atomic E-state index is 0.153. The van der Waals surface area contributed by atoms with Crippen LogP contribution in [-0.4, -0.2) is 8.42 Å². The van der Waals surface area contributed by atoms with Crippen molar-refractivity contribution in [1.29, 1.82) is 0 Å². The molecule has 2 aromatic heterocycles. The molecule has 0 saturated carbocycles. The molecule has 0 bridgehead atoms. The van der Waals surface area contributed by atoms with E-state index >= 15 is 0 Å². The Morgan fingerprint density at radius 2 is 2.18 bits per heavy atom. The molecular formula is C10H10BrNO3S2. The lowest BCUT2D eigenvalue weighted by Crippen LogP contribution is -2.22. The Morgan fingerprint density at radius 1 is 1.41 bits per heavy atom. The van der Waals surface area contributed by atoms with E-state index in [1.54, 1.807) is 23.6 Å². The molecule has 0 aliphatic rings. The van der Waals surface area contributed by atoms with Crippen LogP contribution in [0.3, 0.4) is 0 Å². The van der Waals surface area contributed by atoms with E-state index in [2.05, 4.69) is 20.7 Å². The lowest BCUT2D eigenvalue weighted by molar-refractivity contribution is 0.475. The maximum atomic E-state index is 11.9. The highest BCUT2D eigenvalue weighted by molar-refractivity contribution is 9.10. The summed E-state index contributed by atoms with van der Waals surface area (Å²) in [5, 5.41) is 1.72. The highest BCUT2D eigenvalue weighted by atomic mass is 79.9. The number of rotatable bonds is 4. The fourth-order valence-electron chi connectivity index (χ4n) is 1.28. The summed E-state index contributed by atoms with van der Waals surface area (Å²) in [5.74, 6) is 1.36. The van der Waals surface area contributed by atoms with Crippen molar-refractivity contribution in [2.75, 3.05) is 0 Å². The van der Waals surface area contributed by atoms with Crippen LogP contribution in [0.2, 0.25) is 0 Å². The second kappa shape index (κ2) is 4.93. The maximum Gasteiger partial charge on any atom is 0.251 e. The molecule has 0 saturated heterocycles. The van der Waals surface area contributed by atoms with E-state index in [0.29, 0.717) is 10.2 Å². The van der Waals surface area contributed by atoms with Crippen molar-refractivity contribution >= 4 is 37.3 Å². The van der Waals surface area contributed by atoms with Gasteiger partial charge in [-0.3, -0.25) is 0 Å². The molecule has 17 heavy (non-hydrogen) atoms. The first-order valence-corrected chi connectivity index (χ1v) is 7.92. The van der Waals surface area contributed by atoms with Gasteiger partial charge in [-0.1, -0.05) is 0 Å². The number of halogens is 1. The monoisotopic (exact) mass is 335 g/mol. The molecule has 0 radical (unpaired) electrons. The zero-order valence-corrected chi connectivity index (χ0v) is 12.2. The standard InChI is InChI=1S/C10H10BrNO3S2/c1-7-2-3-8(15-7)6-12-17(13,14)10-9(11)4-5-16-10/h2-5,12H,6H2,1H3. The topological polar surface area (TPSA) is 59.3 Å². The predicted octanol–water partition coefficient (Wildman–Crippen LogP) is 2.89. The zero-order valence-electron chi connectivity index (χ0n) is 8.94. The van der Waals surface area contributed by atoms with Gasteiger partial charge in [-0.25, -0.2) is 13.1 Å². The van der Waals surface area contributed by atoms with Crippen LogP contribution in [0.4, 0.5) is 0 Å². The van der Waals surface area contributed by atoms with E-state index in [1.165, 1.54) is 11.3 Å². The van der Waals surface area contributed by atoms with Crippen LogP contribution in [0.25, 0.3) is 0 Å². The average Bonchev–Trinajstić information content (AvgIpc) is 2.85. The van der Waals surface area contributed by atoms with E-state index in [4.69, 9.17) is 4.42 Å². The molecule has 2 rings (SSSR count). The summed E-state index contributed by atoms with van der Waals surface area (Å²) in [6.45, 7) is 1.97. The molecule has 0 atom stereocenters. The zero-order chi connectivity index (χ0) is 12.5. The number of sulfonamides is 1. The van der Waals surface area contributed by atoms with Gasteiger partial charge in [0.25, 0.3) is 10.0 Å². The fraction of sp³-hybridized carbons (Fsp3) is 0.200. The second-order valence-electron chi connectivity index (χ2n) is 3.39. The molecule has 0 spiro atoms. The SMILES string of the molecule is Cc1ccc(CNS(=O)(=O)c2sccc2Br)o1. The van der Waals surface area contributed by atoms with E-state index in [9.17, 15) is 8.42 Å².